The van der Waals surface area contributed by atoms with Crippen LogP contribution < -0.4 is 0 Å². The molecule has 1 atom stereocenters. The van der Waals surface area contributed by atoms with Crippen LogP contribution in [0.4, 0.5) is 0 Å². The first-order valence-electron chi connectivity index (χ1n) is 4.95. The molecule has 0 aliphatic rings. The molecule has 0 aliphatic heterocycles. The van der Waals surface area contributed by atoms with Crippen LogP contribution in [0.1, 0.15) is 17.4 Å². The number of rotatable bonds is 2. The Balaban J connectivity index is 2.64. The van der Waals surface area contributed by atoms with Gasteiger partial charge in [0, 0.05) is 22.8 Å². The number of ether oxygens (including phenoxy) is 1. The molecule has 2 N–H and O–H groups in total. The molecule has 0 radical (unpaired) electrons. The molecule has 2 aromatic heterocycles. The fourth-order valence-electron chi connectivity index (χ4n) is 1.71. The molecule has 6 heteroatoms. The van der Waals surface area contributed by atoms with E-state index in [-0.39, 0.29) is 5.56 Å². The van der Waals surface area contributed by atoms with E-state index >= 15 is 0 Å². The smallest absolute Gasteiger partial charge is 0.339 e. The highest BCUT2D eigenvalue weighted by Crippen LogP contribution is 2.32. The van der Waals surface area contributed by atoms with Crippen LogP contribution in [-0.2, 0) is 9.53 Å². The number of carbonyl (C=O) groups excluding carboxylic acids is 1. The fourth-order valence-corrected chi connectivity index (χ4v) is 2.10. The highest BCUT2D eigenvalue weighted by molar-refractivity contribution is 6.36. The second-order valence-electron chi connectivity index (χ2n) is 3.59. The van der Waals surface area contributed by atoms with Crippen LogP contribution in [0.25, 0.3) is 11.0 Å². The van der Waals surface area contributed by atoms with E-state index in [1.165, 1.54) is 7.11 Å². The minimum atomic E-state index is -1.42. The predicted octanol–water partition coefficient (Wildman–Crippen LogP) is 1.73. The van der Waals surface area contributed by atoms with Crippen LogP contribution in [-0.4, -0.2) is 28.2 Å². The van der Waals surface area contributed by atoms with Gasteiger partial charge >= 0.3 is 5.97 Å². The van der Waals surface area contributed by atoms with Gasteiger partial charge in [0.15, 0.2) is 6.10 Å². The van der Waals surface area contributed by atoms with Gasteiger partial charge in [-0.3, -0.25) is 0 Å². The monoisotopic (exact) mass is 254 g/mol. The summed E-state index contributed by atoms with van der Waals surface area (Å²) in [5.74, 6) is -0.758. The molecule has 0 aromatic carbocycles. The topological polar surface area (TPSA) is 75.2 Å². The van der Waals surface area contributed by atoms with Gasteiger partial charge in [-0.15, -0.1) is 0 Å². The van der Waals surface area contributed by atoms with E-state index in [1.807, 2.05) is 0 Å². The van der Waals surface area contributed by atoms with Crippen molar-refractivity contribution in [3.63, 3.8) is 0 Å². The van der Waals surface area contributed by atoms with Crippen LogP contribution in [0.15, 0.2) is 12.3 Å². The summed E-state index contributed by atoms with van der Waals surface area (Å²) in [7, 11) is 1.21. The van der Waals surface area contributed by atoms with Gasteiger partial charge in [0.2, 0.25) is 0 Å². The Bertz CT molecular complexity index is 579. The van der Waals surface area contributed by atoms with E-state index in [4.69, 9.17) is 11.6 Å². The molecule has 90 valence electrons. The minimum absolute atomic E-state index is 0.283. The number of hydrogen-bond donors (Lipinski definition) is 2. The van der Waals surface area contributed by atoms with Crippen LogP contribution in [0, 0.1) is 6.92 Å². The van der Waals surface area contributed by atoms with Gasteiger partial charge in [-0.2, -0.15) is 0 Å². The van der Waals surface area contributed by atoms with Crippen molar-refractivity contribution in [2.45, 2.75) is 13.0 Å². The molecular formula is C11H11ClN2O3. The second kappa shape index (κ2) is 4.35. The molecule has 2 rings (SSSR count). The summed E-state index contributed by atoms with van der Waals surface area (Å²) >= 11 is 6.16. The zero-order valence-electron chi connectivity index (χ0n) is 9.32. The summed E-state index contributed by atoms with van der Waals surface area (Å²) < 4.78 is 4.49. The Morgan fingerprint density at radius 2 is 2.35 bits per heavy atom. The van der Waals surface area contributed by atoms with Crippen LogP contribution in [0.5, 0.6) is 0 Å². The van der Waals surface area contributed by atoms with Gasteiger partial charge in [-0.25, -0.2) is 9.78 Å². The maximum absolute atomic E-state index is 11.3. The van der Waals surface area contributed by atoms with Crippen LogP contribution in [0.3, 0.4) is 0 Å². The lowest BCUT2D eigenvalue weighted by molar-refractivity contribution is -0.150. The molecule has 17 heavy (non-hydrogen) atoms. The molecule has 2 heterocycles. The number of aromatic amines is 1. The molecule has 0 aliphatic carbocycles. The third kappa shape index (κ3) is 1.87. The highest BCUT2D eigenvalue weighted by atomic mass is 35.5. The number of aliphatic hydroxyl groups is 1. The lowest BCUT2D eigenvalue weighted by Gasteiger charge is -2.13. The van der Waals surface area contributed by atoms with Gasteiger partial charge in [0.05, 0.1) is 12.1 Å². The van der Waals surface area contributed by atoms with Crippen molar-refractivity contribution in [1.82, 2.24) is 9.97 Å². The Morgan fingerprint density at radius 1 is 1.65 bits per heavy atom. The van der Waals surface area contributed by atoms with E-state index in [0.717, 1.165) is 0 Å². The molecule has 5 nitrogen and oxygen atoms in total. The number of nitrogens with one attached hydrogen (secondary N) is 1. The Kier molecular flexibility index (Phi) is 3.04. The molecule has 2 aromatic rings. The average molecular weight is 255 g/mol. The Morgan fingerprint density at radius 3 is 3.00 bits per heavy atom. The predicted molar refractivity (Wildman–Crippen MR) is 62.8 cm³/mol. The first-order chi connectivity index (χ1) is 8.06. The number of hydrogen-bond acceptors (Lipinski definition) is 4. The highest BCUT2D eigenvalue weighted by Gasteiger charge is 2.25. The summed E-state index contributed by atoms with van der Waals surface area (Å²) in [6, 6.07) is 1.73. The summed E-state index contributed by atoms with van der Waals surface area (Å²) in [5, 5.41) is 10.8. The number of aryl methyl sites for hydroxylation is 1. The number of nitrogens with zero attached hydrogens (tertiary/aromatic N) is 1. The SMILES string of the molecule is COC(=O)C(O)c1c(C)nc2[nH]ccc2c1Cl. The summed E-state index contributed by atoms with van der Waals surface area (Å²) in [5.41, 5.74) is 1.39. The van der Waals surface area contributed by atoms with E-state index in [1.54, 1.807) is 19.2 Å². The van der Waals surface area contributed by atoms with Crippen molar-refractivity contribution >= 4 is 28.6 Å². The number of esters is 1. The molecule has 0 saturated carbocycles. The minimum Gasteiger partial charge on any atom is -0.467 e. The number of H-pyrrole nitrogens is 1. The number of carbonyl (C=O) groups is 1. The van der Waals surface area contributed by atoms with E-state index in [9.17, 15) is 9.90 Å². The van der Waals surface area contributed by atoms with Gasteiger partial charge in [-0.1, -0.05) is 11.6 Å². The molecular weight excluding hydrogens is 244 g/mol. The Hall–Kier alpha value is -1.59. The molecule has 0 bridgehead atoms. The van der Waals surface area contributed by atoms with Crippen molar-refractivity contribution in [2.24, 2.45) is 0 Å². The van der Waals surface area contributed by atoms with Crippen LogP contribution >= 0.6 is 11.6 Å². The van der Waals surface area contributed by atoms with Gasteiger partial charge < -0.3 is 14.8 Å². The molecule has 0 amide bonds. The summed E-state index contributed by atoms with van der Waals surface area (Å²) in [6.07, 6.45) is 0.274. The Labute approximate surface area is 102 Å². The van der Waals surface area contributed by atoms with Gasteiger partial charge in [0.1, 0.15) is 5.65 Å². The fraction of sp³-hybridized carbons (Fsp3) is 0.273. The zero-order valence-corrected chi connectivity index (χ0v) is 10.1. The lowest BCUT2D eigenvalue weighted by Crippen LogP contribution is -2.15. The van der Waals surface area contributed by atoms with Crippen molar-refractivity contribution in [1.29, 1.82) is 0 Å². The van der Waals surface area contributed by atoms with Crippen LogP contribution in [0.2, 0.25) is 5.02 Å². The number of halogens is 1. The maximum atomic E-state index is 11.3. The van der Waals surface area contributed by atoms with Crippen molar-refractivity contribution in [2.75, 3.05) is 7.11 Å². The second-order valence-corrected chi connectivity index (χ2v) is 3.97. The normalized spacial score (nSPS) is 12.7. The number of methoxy groups -OCH3 is 1. The third-order valence-corrected chi connectivity index (χ3v) is 2.97. The van der Waals surface area contributed by atoms with Crippen molar-refractivity contribution in [3.05, 3.63) is 28.5 Å². The molecule has 0 spiro atoms. The average Bonchev–Trinajstić information content (AvgIpc) is 2.75. The zero-order chi connectivity index (χ0) is 12.6. The van der Waals surface area contributed by atoms with E-state index in [2.05, 4.69) is 14.7 Å². The van der Waals surface area contributed by atoms with E-state index < -0.39 is 12.1 Å². The standard InChI is InChI=1S/C11H11ClN2O3/c1-5-7(9(15)11(16)17-2)8(12)6-3-4-13-10(6)14-5/h3-4,9,15H,1-2H3,(H,13,14). The van der Waals surface area contributed by atoms with E-state index in [0.29, 0.717) is 21.7 Å². The first kappa shape index (κ1) is 11.9. The number of pyridine rings is 1. The quantitative estimate of drug-likeness (QED) is 0.801. The maximum Gasteiger partial charge on any atom is 0.339 e. The van der Waals surface area contributed by atoms with Gasteiger partial charge in [-0.05, 0) is 13.0 Å². The van der Waals surface area contributed by atoms with Gasteiger partial charge in [0.25, 0.3) is 0 Å². The number of aliphatic hydroxyl groups excluding tert-OH is 1. The molecule has 0 saturated heterocycles. The third-order valence-electron chi connectivity index (χ3n) is 2.57. The van der Waals surface area contributed by atoms with Crippen molar-refractivity contribution in [3.8, 4) is 0 Å². The molecule has 1 unspecified atom stereocenters. The number of aromatic nitrogens is 2. The summed E-state index contributed by atoms with van der Waals surface area (Å²) in [4.78, 5) is 18.5. The molecule has 0 fully saturated rings. The van der Waals surface area contributed by atoms with Crippen molar-refractivity contribution < 1.29 is 14.6 Å². The largest absolute Gasteiger partial charge is 0.467 e. The summed E-state index contributed by atoms with van der Waals surface area (Å²) in [6.45, 7) is 1.67. The first-order valence-corrected chi connectivity index (χ1v) is 5.33. The lowest BCUT2D eigenvalue weighted by atomic mass is 10.1. The number of fused-ring (bicyclic) bond motifs is 1.